The molecule has 2 heterocycles. The topological polar surface area (TPSA) is 66.8 Å². The van der Waals surface area contributed by atoms with Crippen molar-refractivity contribution in [3.05, 3.63) is 29.8 Å². The van der Waals surface area contributed by atoms with Crippen LogP contribution < -0.4 is 4.90 Å². The van der Waals surface area contributed by atoms with Crippen LogP contribution in [0.4, 0.5) is 5.69 Å². The number of aliphatic imine (C=N–C) groups is 1. The number of para-hydroxylation sites is 1. The van der Waals surface area contributed by atoms with Crippen molar-refractivity contribution in [2.24, 2.45) is 4.99 Å². The average molecular weight is 352 g/mol. The SMILES string of the molecule is CCCC(=O)N=C1S[C@@H]2CS(=O)(=O)C[C@H]2N1c1ccccc1C. The Bertz CT molecular complexity index is 758. The number of rotatable bonds is 3. The monoisotopic (exact) mass is 352 g/mol. The van der Waals surface area contributed by atoms with E-state index >= 15 is 0 Å². The summed E-state index contributed by atoms with van der Waals surface area (Å²) in [4.78, 5) is 18.2. The normalized spacial score (nSPS) is 27.4. The van der Waals surface area contributed by atoms with Crippen LogP contribution in [0.5, 0.6) is 0 Å². The zero-order valence-electron chi connectivity index (χ0n) is 13.2. The van der Waals surface area contributed by atoms with Gasteiger partial charge >= 0.3 is 0 Å². The molecule has 7 heteroatoms. The average Bonchev–Trinajstić information content (AvgIpc) is 2.91. The lowest BCUT2D eigenvalue weighted by molar-refractivity contribution is -0.117. The first-order chi connectivity index (χ1) is 10.9. The summed E-state index contributed by atoms with van der Waals surface area (Å²) < 4.78 is 24.0. The highest BCUT2D eigenvalue weighted by atomic mass is 32.2. The minimum absolute atomic E-state index is 0.0483. The van der Waals surface area contributed by atoms with E-state index in [1.165, 1.54) is 11.8 Å². The predicted molar refractivity (Wildman–Crippen MR) is 94.8 cm³/mol. The molecule has 23 heavy (non-hydrogen) atoms. The molecule has 2 aliphatic rings. The Morgan fingerprint density at radius 1 is 1.35 bits per heavy atom. The van der Waals surface area contributed by atoms with E-state index in [2.05, 4.69) is 4.99 Å². The van der Waals surface area contributed by atoms with Gasteiger partial charge < -0.3 is 4.90 Å². The molecular formula is C16H20N2O3S2. The molecule has 2 fully saturated rings. The highest BCUT2D eigenvalue weighted by Gasteiger charge is 2.49. The van der Waals surface area contributed by atoms with Gasteiger partial charge in [-0.05, 0) is 25.0 Å². The number of sulfone groups is 1. The largest absolute Gasteiger partial charge is 0.315 e. The molecule has 0 spiro atoms. The number of aryl methyl sites for hydroxylation is 1. The number of fused-ring (bicyclic) bond motifs is 1. The first-order valence-corrected chi connectivity index (χ1v) is 10.4. The van der Waals surface area contributed by atoms with Gasteiger partial charge in [0.25, 0.3) is 0 Å². The molecule has 0 bridgehead atoms. The van der Waals surface area contributed by atoms with E-state index in [4.69, 9.17) is 0 Å². The van der Waals surface area contributed by atoms with Gasteiger partial charge in [0, 0.05) is 17.4 Å². The zero-order chi connectivity index (χ0) is 16.6. The van der Waals surface area contributed by atoms with Crippen molar-refractivity contribution < 1.29 is 13.2 Å². The second-order valence-electron chi connectivity index (χ2n) is 6.00. The number of carbonyl (C=O) groups is 1. The molecular weight excluding hydrogens is 332 g/mol. The summed E-state index contributed by atoms with van der Waals surface area (Å²) in [5, 5.41) is 0.593. The fourth-order valence-corrected chi connectivity index (χ4v) is 6.98. The zero-order valence-corrected chi connectivity index (χ0v) is 14.9. The summed E-state index contributed by atoms with van der Waals surface area (Å²) in [5.41, 5.74) is 1.99. The number of nitrogens with zero attached hydrogens (tertiary/aromatic N) is 2. The van der Waals surface area contributed by atoms with Crippen LogP contribution in [0.25, 0.3) is 0 Å². The van der Waals surface area contributed by atoms with E-state index in [-0.39, 0.29) is 28.7 Å². The molecule has 0 saturated carbocycles. The van der Waals surface area contributed by atoms with Gasteiger partial charge in [-0.2, -0.15) is 4.99 Å². The Morgan fingerprint density at radius 2 is 2.09 bits per heavy atom. The molecule has 0 N–H and O–H groups in total. The van der Waals surface area contributed by atoms with Crippen molar-refractivity contribution in [2.75, 3.05) is 16.4 Å². The van der Waals surface area contributed by atoms with Crippen LogP contribution in [-0.4, -0.2) is 42.3 Å². The Morgan fingerprint density at radius 3 is 2.78 bits per heavy atom. The van der Waals surface area contributed by atoms with Crippen LogP contribution >= 0.6 is 11.8 Å². The van der Waals surface area contributed by atoms with Gasteiger partial charge in [0.1, 0.15) is 0 Å². The van der Waals surface area contributed by atoms with E-state index in [9.17, 15) is 13.2 Å². The van der Waals surface area contributed by atoms with Crippen LogP contribution in [0.3, 0.4) is 0 Å². The van der Waals surface area contributed by atoms with Gasteiger partial charge in [-0.25, -0.2) is 8.42 Å². The summed E-state index contributed by atoms with van der Waals surface area (Å²) >= 11 is 1.43. The van der Waals surface area contributed by atoms with E-state index in [0.29, 0.717) is 11.6 Å². The number of hydrogen-bond donors (Lipinski definition) is 0. The maximum atomic E-state index is 12.0. The molecule has 2 atom stereocenters. The van der Waals surface area contributed by atoms with Crippen LogP contribution in [0, 0.1) is 6.92 Å². The van der Waals surface area contributed by atoms with Crippen LogP contribution in [0.15, 0.2) is 29.3 Å². The Labute approximate surface area is 141 Å². The molecule has 0 aromatic heterocycles. The fourth-order valence-electron chi connectivity index (χ4n) is 3.06. The molecule has 1 aromatic carbocycles. The smallest absolute Gasteiger partial charge is 0.248 e. The third kappa shape index (κ3) is 3.30. The molecule has 1 amide bonds. The number of amidine groups is 1. The van der Waals surface area contributed by atoms with Gasteiger partial charge in [-0.3, -0.25) is 4.79 Å². The van der Waals surface area contributed by atoms with Gasteiger partial charge in [0.2, 0.25) is 5.91 Å². The van der Waals surface area contributed by atoms with Gasteiger partial charge in [0.05, 0.1) is 17.5 Å². The first kappa shape index (κ1) is 16.5. The molecule has 0 aliphatic carbocycles. The number of anilines is 1. The number of carbonyl (C=O) groups excluding carboxylic acids is 1. The summed E-state index contributed by atoms with van der Waals surface area (Å²) in [6.45, 7) is 3.93. The molecule has 2 saturated heterocycles. The molecule has 1 aromatic rings. The molecule has 0 radical (unpaired) electrons. The number of amides is 1. The molecule has 5 nitrogen and oxygen atoms in total. The summed E-state index contributed by atoms with van der Waals surface area (Å²) in [7, 11) is -3.02. The Balaban J connectivity index is 2.01. The fraction of sp³-hybridized carbons (Fsp3) is 0.500. The molecule has 0 unspecified atom stereocenters. The van der Waals surface area contributed by atoms with Crippen LogP contribution in [0.2, 0.25) is 0 Å². The van der Waals surface area contributed by atoms with Crippen LogP contribution in [0.1, 0.15) is 25.3 Å². The van der Waals surface area contributed by atoms with E-state index < -0.39 is 9.84 Å². The molecule has 3 rings (SSSR count). The van der Waals surface area contributed by atoms with Crippen LogP contribution in [-0.2, 0) is 14.6 Å². The quantitative estimate of drug-likeness (QED) is 0.836. The number of thioether (sulfide) groups is 1. The van der Waals surface area contributed by atoms with Crippen molar-refractivity contribution >= 4 is 38.4 Å². The number of benzene rings is 1. The van der Waals surface area contributed by atoms with Gasteiger partial charge in [0.15, 0.2) is 15.0 Å². The van der Waals surface area contributed by atoms with Gasteiger partial charge in [-0.1, -0.05) is 36.9 Å². The number of hydrogen-bond acceptors (Lipinski definition) is 4. The van der Waals surface area contributed by atoms with Crippen molar-refractivity contribution in [3.8, 4) is 0 Å². The second-order valence-corrected chi connectivity index (χ2v) is 9.36. The van der Waals surface area contributed by atoms with Crippen molar-refractivity contribution in [2.45, 2.75) is 38.0 Å². The van der Waals surface area contributed by atoms with Crippen molar-refractivity contribution in [1.82, 2.24) is 0 Å². The van der Waals surface area contributed by atoms with E-state index in [1.807, 2.05) is 43.0 Å². The maximum Gasteiger partial charge on any atom is 0.248 e. The lowest BCUT2D eigenvalue weighted by atomic mass is 10.1. The highest BCUT2D eigenvalue weighted by Crippen LogP contribution is 2.41. The highest BCUT2D eigenvalue weighted by molar-refractivity contribution is 8.16. The third-order valence-corrected chi connectivity index (χ3v) is 7.34. The first-order valence-electron chi connectivity index (χ1n) is 7.75. The maximum absolute atomic E-state index is 12.0. The lowest BCUT2D eigenvalue weighted by Gasteiger charge is -2.26. The summed E-state index contributed by atoms with van der Waals surface area (Å²) in [6.07, 6.45) is 1.17. The van der Waals surface area contributed by atoms with E-state index in [0.717, 1.165) is 17.7 Å². The molecule has 124 valence electrons. The Hall–Kier alpha value is -1.34. The minimum atomic E-state index is -3.02. The van der Waals surface area contributed by atoms with Crippen molar-refractivity contribution in [1.29, 1.82) is 0 Å². The molecule has 2 aliphatic heterocycles. The third-order valence-electron chi connectivity index (χ3n) is 4.13. The van der Waals surface area contributed by atoms with E-state index in [1.54, 1.807) is 0 Å². The lowest BCUT2D eigenvalue weighted by Crippen LogP contribution is -2.38. The summed E-state index contributed by atoms with van der Waals surface area (Å²) in [6, 6.07) is 7.68. The summed E-state index contributed by atoms with van der Waals surface area (Å²) in [5.74, 6) is 0.141. The predicted octanol–water partition coefficient (Wildman–Crippen LogP) is 2.40. The van der Waals surface area contributed by atoms with Gasteiger partial charge in [-0.15, -0.1) is 0 Å². The Kier molecular flexibility index (Phi) is 4.51. The second kappa shape index (κ2) is 6.28. The minimum Gasteiger partial charge on any atom is -0.315 e. The van der Waals surface area contributed by atoms with Crippen molar-refractivity contribution in [3.63, 3.8) is 0 Å². The standard InChI is InChI=1S/C16H20N2O3S2/c1-3-6-15(19)17-16-18(12-8-5-4-7-11(12)2)13-9-23(20,21)10-14(13)22-16/h4-5,7-8,13-14H,3,6,9-10H2,1-2H3/t13-,14-/m1/s1.